The number of ether oxygens (including phenoxy) is 4. The SMILES string of the molecule is CCCCn1cc(-c2cc(OC)c(OC3CCN(CC4CCN(C(=O)c5ccc(OC)c(-n6ccc(=O)[nH]c6=O)c5)CC4)CC3)c(OC)c2)c2ccncc2c1=O. The Balaban J connectivity index is 0.965. The van der Waals surface area contributed by atoms with E-state index in [9.17, 15) is 19.2 Å². The number of hydrogen-bond acceptors (Lipinski definition) is 10. The van der Waals surface area contributed by atoms with E-state index in [0.29, 0.717) is 65.2 Å². The van der Waals surface area contributed by atoms with Crippen molar-refractivity contribution in [3.8, 4) is 39.8 Å². The number of unbranched alkanes of at least 4 members (excludes halogenated alkanes) is 1. The number of likely N-dealkylation sites (tertiary alicyclic amines) is 2. The number of nitrogens with zero attached hydrogens (tertiary/aromatic N) is 5. The molecule has 0 saturated carbocycles. The van der Waals surface area contributed by atoms with Crippen LogP contribution in [-0.2, 0) is 6.54 Å². The standard InChI is InChI=1S/C43H50N6O8/c1-5-6-16-48-27-34(32-9-15-44-25-33(32)42(48)52)30-23-37(55-3)40(38(24-30)56-4)57-31-12-17-46(18-13-31)26-28-10-19-47(20-11-28)41(51)29-7-8-36(54-2)35(22-29)49-21-14-39(50)45-43(49)53/h7-9,14-15,21-25,27-28,31H,5-6,10-13,16-20,26H2,1-4H3,(H,45,50,53). The maximum absolute atomic E-state index is 13.6. The second-order valence-corrected chi connectivity index (χ2v) is 14.7. The molecule has 3 aromatic heterocycles. The largest absolute Gasteiger partial charge is 0.495 e. The Kier molecular flexibility index (Phi) is 12.1. The molecule has 5 heterocycles. The molecule has 1 amide bonds. The molecule has 0 atom stereocenters. The van der Waals surface area contributed by atoms with E-state index in [1.807, 2.05) is 29.3 Å². The van der Waals surface area contributed by atoms with Crippen molar-refractivity contribution in [1.29, 1.82) is 0 Å². The second kappa shape index (κ2) is 17.5. The highest BCUT2D eigenvalue weighted by Gasteiger charge is 2.29. The first-order valence-electron chi connectivity index (χ1n) is 19.6. The lowest BCUT2D eigenvalue weighted by Gasteiger charge is -2.38. The minimum atomic E-state index is -0.609. The average Bonchev–Trinajstić information content (AvgIpc) is 3.24. The first-order valence-corrected chi connectivity index (χ1v) is 19.6. The molecule has 7 rings (SSSR count). The third-order valence-corrected chi connectivity index (χ3v) is 11.2. The zero-order chi connectivity index (χ0) is 40.1. The van der Waals surface area contributed by atoms with Crippen LogP contribution in [0.4, 0.5) is 0 Å². The third kappa shape index (κ3) is 8.46. The summed E-state index contributed by atoms with van der Waals surface area (Å²) in [6.45, 7) is 6.76. The fourth-order valence-corrected chi connectivity index (χ4v) is 7.98. The number of benzene rings is 2. The number of methoxy groups -OCH3 is 3. The molecule has 2 aliphatic rings. The van der Waals surface area contributed by atoms with E-state index in [1.54, 1.807) is 49.4 Å². The Bertz CT molecular complexity index is 2380. The molecule has 2 aromatic carbocycles. The summed E-state index contributed by atoms with van der Waals surface area (Å²) in [7, 11) is 4.75. The van der Waals surface area contributed by atoms with Crippen molar-refractivity contribution in [1.82, 2.24) is 28.9 Å². The number of amides is 1. The van der Waals surface area contributed by atoms with Gasteiger partial charge in [0.2, 0.25) is 5.75 Å². The normalized spacial score (nSPS) is 15.5. The molecule has 0 aliphatic carbocycles. The zero-order valence-electron chi connectivity index (χ0n) is 33.0. The third-order valence-electron chi connectivity index (χ3n) is 11.2. The number of aryl methyl sites for hydroxylation is 1. The summed E-state index contributed by atoms with van der Waals surface area (Å²) in [5, 5.41) is 1.39. The van der Waals surface area contributed by atoms with Crippen LogP contribution in [0.3, 0.4) is 0 Å². The topological polar surface area (TPSA) is 150 Å². The summed E-state index contributed by atoms with van der Waals surface area (Å²) >= 11 is 0. The minimum Gasteiger partial charge on any atom is -0.495 e. The molecule has 14 nitrogen and oxygen atoms in total. The number of aromatic amines is 1. The number of aromatic nitrogens is 4. The number of nitrogens with one attached hydrogen (secondary N) is 1. The van der Waals surface area contributed by atoms with Crippen molar-refractivity contribution in [3.63, 3.8) is 0 Å². The van der Waals surface area contributed by atoms with Gasteiger partial charge in [0, 0.05) is 81.2 Å². The number of fused-ring (bicyclic) bond motifs is 1. The highest BCUT2D eigenvalue weighted by atomic mass is 16.5. The van der Waals surface area contributed by atoms with Gasteiger partial charge in [-0.05, 0) is 85.4 Å². The van der Waals surface area contributed by atoms with Crippen molar-refractivity contribution in [3.05, 3.63) is 104 Å². The molecule has 14 heteroatoms. The molecule has 2 saturated heterocycles. The van der Waals surface area contributed by atoms with Crippen LogP contribution in [0.15, 0.2) is 81.6 Å². The summed E-state index contributed by atoms with van der Waals surface area (Å²) in [4.78, 5) is 61.8. The van der Waals surface area contributed by atoms with Crippen LogP contribution in [0.1, 0.15) is 55.8 Å². The number of pyridine rings is 2. The van der Waals surface area contributed by atoms with Gasteiger partial charge in [-0.1, -0.05) is 13.3 Å². The Morgan fingerprint density at radius 1 is 0.860 bits per heavy atom. The number of piperidine rings is 2. The fourth-order valence-electron chi connectivity index (χ4n) is 7.98. The van der Waals surface area contributed by atoms with Gasteiger partial charge in [0.15, 0.2) is 11.5 Å². The summed E-state index contributed by atoms with van der Waals surface area (Å²) in [6, 6.07) is 12.0. The maximum Gasteiger partial charge on any atom is 0.333 e. The lowest BCUT2D eigenvalue weighted by Crippen LogP contribution is -2.44. The minimum absolute atomic E-state index is 0.0152. The van der Waals surface area contributed by atoms with Gasteiger partial charge in [0.1, 0.15) is 11.9 Å². The summed E-state index contributed by atoms with van der Waals surface area (Å²) in [5.41, 5.74) is 1.43. The van der Waals surface area contributed by atoms with Gasteiger partial charge in [0.25, 0.3) is 17.0 Å². The van der Waals surface area contributed by atoms with E-state index in [0.717, 1.165) is 74.7 Å². The maximum atomic E-state index is 13.6. The van der Waals surface area contributed by atoms with Crippen molar-refractivity contribution >= 4 is 16.7 Å². The molecule has 0 spiro atoms. The number of H-pyrrole nitrogens is 1. The van der Waals surface area contributed by atoms with E-state index >= 15 is 0 Å². The highest BCUT2D eigenvalue weighted by Crippen LogP contribution is 2.44. The van der Waals surface area contributed by atoms with E-state index in [1.165, 1.54) is 23.9 Å². The van der Waals surface area contributed by atoms with Crippen LogP contribution in [-0.4, -0.2) is 95.0 Å². The highest BCUT2D eigenvalue weighted by molar-refractivity contribution is 5.96. The number of rotatable bonds is 13. The van der Waals surface area contributed by atoms with Crippen LogP contribution < -0.4 is 35.8 Å². The molecule has 2 aliphatic heterocycles. The smallest absolute Gasteiger partial charge is 0.333 e. The number of hydrogen-bond donors (Lipinski definition) is 1. The van der Waals surface area contributed by atoms with Gasteiger partial charge in [0.05, 0.1) is 32.4 Å². The molecule has 2 fully saturated rings. The van der Waals surface area contributed by atoms with Crippen LogP contribution in [0.2, 0.25) is 0 Å². The molecule has 57 heavy (non-hydrogen) atoms. The van der Waals surface area contributed by atoms with Gasteiger partial charge >= 0.3 is 5.69 Å². The Morgan fingerprint density at radius 3 is 2.25 bits per heavy atom. The molecular weight excluding hydrogens is 729 g/mol. The molecule has 0 bridgehead atoms. The summed E-state index contributed by atoms with van der Waals surface area (Å²) in [6.07, 6.45) is 12.0. The van der Waals surface area contributed by atoms with E-state index in [-0.39, 0.29) is 17.6 Å². The van der Waals surface area contributed by atoms with E-state index in [2.05, 4.69) is 21.8 Å². The molecule has 0 unspecified atom stereocenters. The molecule has 300 valence electrons. The van der Waals surface area contributed by atoms with E-state index < -0.39 is 11.2 Å². The summed E-state index contributed by atoms with van der Waals surface area (Å²) in [5.74, 6) is 2.48. The number of carbonyl (C=O) groups is 1. The fraction of sp³-hybridized carbons (Fsp3) is 0.419. The second-order valence-electron chi connectivity index (χ2n) is 14.7. The molecule has 5 aromatic rings. The van der Waals surface area contributed by atoms with Gasteiger partial charge < -0.3 is 33.3 Å². The molecule has 0 radical (unpaired) electrons. The molecular formula is C43H50N6O8. The van der Waals surface area contributed by atoms with Gasteiger partial charge in [-0.3, -0.25) is 28.9 Å². The van der Waals surface area contributed by atoms with Gasteiger partial charge in [-0.15, -0.1) is 0 Å². The van der Waals surface area contributed by atoms with Crippen molar-refractivity contribution in [2.45, 2.75) is 58.1 Å². The van der Waals surface area contributed by atoms with Crippen LogP contribution in [0.5, 0.6) is 23.0 Å². The number of carbonyl (C=O) groups excluding carboxylic acids is 1. The lowest BCUT2D eigenvalue weighted by atomic mass is 9.94. The first-order chi connectivity index (χ1) is 27.7. The lowest BCUT2D eigenvalue weighted by molar-refractivity contribution is 0.0599. The quantitative estimate of drug-likeness (QED) is 0.171. The van der Waals surface area contributed by atoms with Crippen molar-refractivity contribution < 1.29 is 23.7 Å². The van der Waals surface area contributed by atoms with Crippen molar-refractivity contribution in [2.24, 2.45) is 5.92 Å². The Labute approximate surface area is 330 Å². The Hall–Kier alpha value is -5.89. The molecule has 1 N–H and O–H groups in total. The average molecular weight is 779 g/mol. The van der Waals surface area contributed by atoms with E-state index in [4.69, 9.17) is 18.9 Å². The first kappa shape index (κ1) is 39.3. The van der Waals surface area contributed by atoms with Gasteiger partial charge in [-0.25, -0.2) is 4.79 Å². The zero-order valence-corrected chi connectivity index (χ0v) is 33.0. The monoisotopic (exact) mass is 778 g/mol. The predicted octanol–water partition coefficient (Wildman–Crippen LogP) is 5.12. The van der Waals surface area contributed by atoms with Gasteiger partial charge in [-0.2, -0.15) is 0 Å². The van der Waals surface area contributed by atoms with Crippen LogP contribution in [0.25, 0.3) is 27.6 Å². The van der Waals surface area contributed by atoms with Crippen LogP contribution in [0, 0.1) is 5.92 Å². The summed E-state index contributed by atoms with van der Waals surface area (Å²) < 4.78 is 26.9. The Morgan fingerprint density at radius 2 is 1.58 bits per heavy atom. The van der Waals surface area contributed by atoms with Crippen molar-refractivity contribution in [2.75, 3.05) is 54.1 Å². The predicted molar refractivity (Wildman–Crippen MR) is 217 cm³/mol. The van der Waals surface area contributed by atoms with Crippen LogP contribution >= 0.6 is 0 Å².